The van der Waals surface area contributed by atoms with E-state index in [0.717, 1.165) is 5.56 Å². The maximum Gasteiger partial charge on any atom is 0.280 e. The molecule has 3 N–H and O–H groups in total. The van der Waals surface area contributed by atoms with Crippen molar-refractivity contribution in [3.63, 3.8) is 0 Å². The Labute approximate surface area is 112 Å². The van der Waals surface area contributed by atoms with Crippen LogP contribution in [0.4, 0.5) is 11.4 Å². The van der Waals surface area contributed by atoms with Crippen molar-refractivity contribution in [2.45, 2.75) is 18.9 Å². The molecule has 0 aliphatic heterocycles. The van der Waals surface area contributed by atoms with Gasteiger partial charge in [-0.3, -0.25) is 4.72 Å². The summed E-state index contributed by atoms with van der Waals surface area (Å²) in [5.41, 5.74) is 7.48. The van der Waals surface area contributed by atoms with Gasteiger partial charge in [-0.15, -0.1) is 0 Å². The average Bonchev–Trinajstić information content (AvgIpc) is 2.64. The Morgan fingerprint density at radius 2 is 2.00 bits per heavy atom. The lowest BCUT2D eigenvalue weighted by Crippen LogP contribution is -2.14. The quantitative estimate of drug-likeness (QED) is 0.832. The number of nitrogen functional groups attached to an aromatic ring is 1. The molecule has 1 heterocycles. The smallest absolute Gasteiger partial charge is 0.280 e. The molecule has 2 aromatic rings. The number of nitrogens with two attached hydrogens (primary N) is 1. The Bertz CT molecular complexity index is 700. The highest BCUT2D eigenvalue weighted by atomic mass is 32.2. The molecule has 7 heteroatoms. The summed E-state index contributed by atoms with van der Waals surface area (Å²) in [6.07, 6.45) is 1.48. The molecule has 2 rings (SSSR count). The lowest BCUT2D eigenvalue weighted by atomic mass is 10.2. The van der Waals surface area contributed by atoms with Crippen molar-refractivity contribution in [2.75, 3.05) is 10.5 Å². The molecule has 0 amide bonds. The van der Waals surface area contributed by atoms with Crippen LogP contribution in [0.5, 0.6) is 0 Å². The van der Waals surface area contributed by atoms with Crippen molar-refractivity contribution in [1.29, 1.82) is 0 Å². The fourth-order valence-electron chi connectivity index (χ4n) is 1.65. The van der Waals surface area contributed by atoms with E-state index in [4.69, 9.17) is 5.73 Å². The standard InChI is InChI=1S/C12H16N4O2S/c1-8-6-10(13)4-5-11(8)15-19(17,18)12-7-16(3)9(2)14-12/h4-7,15H,13H2,1-3H3. The number of hydrogen-bond acceptors (Lipinski definition) is 4. The second-order valence-electron chi connectivity index (χ2n) is 4.42. The zero-order valence-electron chi connectivity index (χ0n) is 11.0. The summed E-state index contributed by atoms with van der Waals surface area (Å²) < 4.78 is 28.5. The molecule has 0 atom stereocenters. The van der Waals surface area contributed by atoms with Crippen LogP contribution in [0.3, 0.4) is 0 Å². The molecular weight excluding hydrogens is 264 g/mol. The fourth-order valence-corrected chi connectivity index (χ4v) is 2.83. The number of imidazole rings is 1. The Morgan fingerprint density at radius 1 is 1.32 bits per heavy atom. The first-order chi connectivity index (χ1) is 8.79. The molecule has 0 radical (unpaired) electrons. The van der Waals surface area contributed by atoms with Crippen LogP contribution < -0.4 is 10.5 Å². The van der Waals surface area contributed by atoms with Gasteiger partial charge in [-0.25, -0.2) is 4.98 Å². The molecule has 102 valence electrons. The molecule has 1 aromatic heterocycles. The highest BCUT2D eigenvalue weighted by Crippen LogP contribution is 2.21. The van der Waals surface area contributed by atoms with Gasteiger partial charge in [0, 0.05) is 18.9 Å². The number of nitrogens with one attached hydrogen (secondary N) is 1. The van der Waals surface area contributed by atoms with E-state index in [2.05, 4.69) is 9.71 Å². The summed E-state index contributed by atoms with van der Waals surface area (Å²) in [6.45, 7) is 3.53. The Kier molecular flexibility index (Phi) is 3.23. The van der Waals surface area contributed by atoms with Gasteiger partial charge >= 0.3 is 0 Å². The Morgan fingerprint density at radius 3 is 2.53 bits per heavy atom. The van der Waals surface area contributed by atoms with E-state index in [-0.39, 0.29) is 5.03 Å². The van der Waals surface area contributed by atoms with E-state index in [1.54, 1.807) is 43.7 Å². The van der Waals surface area contributed by atoms with Crippen LogP contribution in [0.1, 0.15) is 11.4 Å². The van der Waals surface area contributed by atoms with Gasteiger partial charge in [0.2, 0.25) is 0 Å². The largest absolute Gasteiger partial charge is 0.399 e. The Balaban J connectivity index is 2.36. The van der Waals surface area contributed by atoms with Gasteiger partial charge in [-0.2, -0.15) is 8.42 Å². The highest BCUT2D eigenvalue weighted by Gasteiger charge is 2.19. The predicted octanol–water partition coefficient (Wildman–Crippen LogP) is 1.42. The molecular formula is C12H16N4O2S. The van der Waals surface area contributed by atoms with E-state index >= 15 is 0 Å². The summed E-state index contributed by atoms with van der Waals surface area (Å²) in [5.74, 6) is 0.634. The normalized spacial score (nSPS) is 11.5. The molecule has 0 saturated heterocycles. The number of anilines is 2. The minimum absolute atomic E-state index is 0.00345. The van der Waals surface area contributed by atoms with E-state index in [1.807, 2.05) is 0 Å². The molecule has 0 fully saturated rings. The molecule has 0 aliphatic carbocycles. The van der Waals surface area contributed by atoms with Crippen molar-refractivity contribution >= 4 is 21.4 Å². The third kappa shape index (κ3) is 2.70. The average molecular weight is 280 g/mol. The van der Waals surface area contributed by atoms with Crippen molar-refractivity contribution in [3.05, 3.63) is 35.8 Å². The number of rotatable bonds is 3. The van der Waals surface area contributed by atoms with Gasteiger partial charge in [0.15, 0.2) is 5.03 Å². The molecule has 19 heavy (non-hydrogen) atoms. The topological polar surface area (TPSA) is 90.0 Å². The lowest BCUT2D eigenvalue weighted by molar-refractivity contribution is 0.598. The summed E-state index contributed by atoms with van der Waals surface area (Å²) in [5, 5.41) is 0.00345. The number of nitrogens with zero attached hydrogens (tertiary/aromatic N) is 2. The minimum Gasteiger partial charge on any atom is -0.399 e. The van der Waals surface area contributed by atoms with Crippen LogP contribution in [0.15, 0.2) is 29.4 Å². The molecule has 6 nitrogen and oxygen atoms in total. The van der Waals surface area contributed by atoms with Crippen molar-refractivity contribution in [3.8, 4) is 0 Å². The maximum absolute atomic E-state index is 12.2. The first-order valence-electron chi connectivity index (χ1n) is 5.68. The first-order valence-corrected chi connectivity index (χ1v) is 7.17. The number of aryl methyl sites for hydroxylation is 3. The van der Waals surface area contributed by atoms with Crippen LogP contribution in [0.2, 0.25) is 0 Å². The summed E-state index contributed by atoms with van der Waals surface area (Å²) in [7, 11) is -1.93. The van der Waals surface area contributed by atoms with Crippen LogP contribution in [0.25, 0.3) is 0 Å². The monoisotopic (exact) mass is 280 g/mol. The Hall–Kier alpha value is -2.02. The summed E-state index contributed by atoms with van der Waals surface area (Å²) >= 11 is 0. The maximum atomic E-state index is 12.2. The number of sulfonamides is 1. The van der Waals surface area contributed by atoms with E-state index in [0.29, 0.717) is 17.2 Å². The van der Waals surface area contributed by atoms with Crippen LogP contribution in [0, 0.1) is 13.8 Å². The zero-order valence-corrected chi connectivity index (χ0v) is 11.8. The van der Waals surface area contributed by atoms with Gasteiger partial charge in [0.05, 0.1) is 5.69 Å². The second kappa shape index (κ2) is 4.58. The van der Waals surface area contributed by atoms with Gasteiger partial charge < -0.3 is 10.3 Å². The van der Waals surface area contributed by atoms with E-state index in [9.17, 15) is 8.42 Å². The molecule has 0 saturated carbocycles. The first kappa shape index (κ1) is 13.4. The van der Waals surface area contributed by atoms with Gasteiger partial charge in [0.1, 0.15) is 5.82 Å². The van der Waals surface area contributed by atoms with Crippen LogP contribution in [-0.2, 0) is 17.1 Å². The summed E-state index contributed by atoms with van der Waals surface area (Å²) in [6, 6.07) is 4.99. The zero-order chi connectivity index (χ0) is 14.2. The van der Waals surface area contributed by atoms with Crippen LogP contribution >= 0.6 is 0 Å². The second-order valence-corrected chi connectivity index (χ2v) is 6.05. The number of aromatic nitrogens is 2. The molecule has 0 bridgehead atoms. The third-order valence-corrected chi connectivity index (χ3v) is 4.09. The number of hydrogen-bond donors (Lipinski definition) is 2. The van der Waals surface area contributed by atoms with Gasteiger partial charge in [-0.1, -0.05) is 0 Å². The van der Waals surface area contributed by atoms with Gasteiger partial charge in [0.25, 0.3) is 10.0 Å². The molecule has 1 aromatic carbocycles. The predicted molar refractivity (Wildman–Crippen MR) is 74.3 cm³/mol. The van der Waals surface area contributed by atoms with Crippen molar-refractivity contribution in [1.82, 2.24) is 9.55 Å². The lowest BCUT2D eigenvalue weighted by Gasteiger charge is -2.09. The van der Waals surface area contributed by atoms with Crippen molar-refractivity contribution in [2.24, 2.45) is 7.05 Å². The SMILES string of the molecule is Cc1cc(N)ccc1NS(=O)(=O)c1cn(C)c(C)n1. The van der Waals surface area contributed by atoms with Gasteiger partial charge in [-0.05, 0) is 37.6 Å². The third-order valence-electron chi connectivity index (χ3n) is 2.86. The van der Waals surface area contributed by atoms with Crippen molar-refractivity contribution < 1.29 is 8.42 Å². The number of benzene rings is 1. The highest BCUT2D eigenvalue weighted by molar-refractivity contribution is 7.92. The molecule has 0 spiro atoms. The van der Waals surface area contributed by atoms with E-state index < -0.39 is 10.0 Å². The van der Waals surface area contributed by atoms with E-state index in [1.165, 1.54) is 6.20 Å². The summed E-state index contributed by atoms with van der Waals surface area (Å²) in [4.78, 5) is 4.01. The molecule has 0 unspecified atom stereocenters. The fraction of sp³-hybridized carbons (Fsp3) is 0.250. The molecule has 0 aliphatic rings. The minimum atomic E-state index is -3.67. The van der Waals surface area contributed by atoms with Crippen LogP contribution in [-0.4, -0.2) is 18.0 Å².